The number of likely N-dealkylation sites (tertiary alicyclic amines) is 2. The number of nitrogens with one attached hydrogen (secondary N) is 4. The molecule has 11 rings (SSSR count). The summed E-state index contributed by atoms with van der Waals surface area (Å²) in [5.74, 6) is 2.43. The van der Waals surface area contributed by atoms with Crippen molar-refractivity contribution >= 4 is 35.6 Å². The second-order valence-corrected chi connectivity index (χ2v) is 19.7. The van der Waals surface area contributed by atoms with Crippen molar-refractivity contribution in [3.63, 3.8) is 0 Å². The van der Waals surface area contributed by atoms with Gasteiger partial charge in [0.2, 0.25) is 11.8 Å². The standard InChI is InChI=1S/C48H55ClN8O8/c1-47-22-31(47)20-35(56(47)43(58)38(53-45(60)62-2)29-12-16-64-17-13-29)41-50-24-34(51-41)27-8-4-25(5-9-27)26-6-10-28(11-7-26)37-40(49)55-42(52-37)36-21-32-33-23-48(32,33)57(36)44(59)39(54-46(61)63-3)30-14-18-65-19-15-30/h4-11,24,29-33,35-36,38-39H,12-23H2,1-3H3,(H,50,51)(H,52,55)(H,53,60)(H,54,61)/t31-,32-,33+,35-,36-,38-,39-,47+,48+/m0/s1. The lowest BCUT2D eigenvalue weighted by Gasteiger charge is -2.38. The van der Waals surface area contributed by atoms with Crippen molar-refractivity contribution in [3.05, 3.63) is 71.5 Å². The molecule has 0 bridgehead atoms. The molecule has 4 aromatic rings. The Labute approximate surface area is 381 Å². The number of rotatable bonds is 11. The first kappa shape index (κ1) is 42.2. The lowest BCUT2D eigenvalue weighted by atomic mass is 9.90. The van der Waals surface area contributed by atoms with Crippen LogP contribution in [0.3, 0.4) is 0 Å². The zero-order valence-electron chi connectivity index (χ0n) is 36.8. The Balaban J connectivity index is 0.781. The number of amides is 4. The maximum Gasteiger partial charge on any atom is 0.407 e. The van der Waals surface area contributed by atoms with Crippen molar-refractivity contribution < 1.29 is 38.1 Å². The van der Waals surface area contributed by atoms with Crippen LogP contribution in [0.15, 0.2) is 54.7 Å². The number of aromatic amines is 2. The van der Waals surface area contributed by atoms with Crippen LogP contribution in [0, 0.1) is 29.6 Å². The molecule has 4 amide bonds. The fourth-order valence-electron chi connectivity index (χ4n) is 12.1. The molecule has 2 aromatic heterocycles. The number of halogens is 1. The summed E-state index contributed by atoms with van der Waals surface area (Å²) in [6.45, 7) is 4.35. The van der Waals surface area contributed by atoms with Gasteiger partial charge < -0.3 is 49.3 Å². The third-order valence-corrected chi connectivity index (χ3v) is 16.3. The molecular weight excluding hydrogens is 852 g/mol. The minimum atomic E-state index is -0.707. The predicted molar refractivity (Wildman–Crippen MR) is 237 cm³/mol. The summed E-state index contributed by atoms with van der Waals surface area (Å²) in [7, 11) is 2.63. The van der Waals surface area contributed by atoms with Crippen LogP contribution in [0.4, 0.5) is 9.59 Å². The number of aromatic nitrogens is 4. The molecule has 9 atom stereocenters. The second kappa shape index (κ2) is 16.2. The van der Waals surface area contributed by atoms with E-state index in [1.54, 1.807) is 0 Å². The zero-order chi connectivity index (χ0) is 44.8. The van der Waals surface area contributed by atoms with Crippen molar-refractivity contribution in [3.8, 4) is 33.6 Å². The van der Waals surface area contributed by atoms with Crippen LogP contribution in [-0.2, 0) is 28.5 Å². The molecule has 3 aliphatic carbocycles. The van der Waals surface area contributed by atoms with Crippen LogP contribution in [0.1, 0.15) is 82.0 Å². The van der Waals surface area contributed by atoms with E-state index in [1.165, 1.54) is 14.2 Å². The van der Waals surface area contributed by atoms with Crippen LogP contribution < -0.4 is 10.6 Å². The zero-order valence-corrected chi connectivity index (χ0v) is 37.6. The number of ether oxygens (including phenoxy) is 4. The van der Waals surface area contributed by atoms with E-state index < -0.39 is 24.3 Å². The highest BCUT2D eigenvalue weighted by Gasteiger charge is 2.86. The van der Waals surface area contributed by atoms with Gasteiger partial charge in [0.25, 0.3) is 0 Å². The number of methoxy groups -OCH3 is 2. The molecule has 342 valence electrons. The highest BCUT2D eigenvalue weighted by Crippen LogP contribution is 2.82. The minimum absolute atomic E-state index is 0.0432. The van der Waals surface area contributed by atoms with Crippen LogP contribution in [-0.4, -0.2) is 118 Å². The first-order chi connectivity index (χ1) is 31.5. The molecule has 3 saturated carbocycles. The molecule has 4 saturated heterocycles. The number of nitrogens with zero attached hydrogens (tertiary/aromatic N) is 4. The molecule has 0 unspecified atom stereocenters. The minimum Gasteiger partial charge on any atom is -0.453 e. The molecule has 7 aliphatic rings. The topological polar surface area (TPSA) is 193 Å². The van der Waals surface area contributed by atoms with Crippen LogP contribution in [0.2, 0.25) is 5.15 Å². The van der Waals surface area contributed by atoms with Crippen LogP contribution in [0.25, 0.3) is 33.6 Å². The van der Waals surface area contributed by atoms with Crippen molar-refractivity contribution in [1.82, 2.24) is 40.4 Å². The van der Waals surface area contributed by atoms with Gasteiger partial charge in [-0.1, -0.05) is 60.1 Å². The fraction of sp³-hybridized carbons (Fsp3) is 0.542. The van der Waals surface area contributed by atoms with E-state index in [4.69, 9.17) is 40.5 Å². The van der Waals surface area contributed by atoms with Gasteiger partial charge in [0.05, 0.1) is 43.7 Å². The lowest BCUT2D eigenvalue weighted by molar-refractivity contribution is -0.140. The average molecular weight is 907 g/mol. The summed E-state index contributed by atoms with van der Waals surface area (Å²) in [5, 5.41) is 6.15. The Kier molecular flexibility index (Phi) is 10.5. The van der Waals surface area contributed by atoms with E-state index >= 15 is 0 Å². The number of hydrogen-bond acceptors (Lipinski definition) is 10. The molecule has 1 spiro atoms. The third kappa shape index (κ3) is 7.17. The lowest BCUT2D eigenvalue weighted by Crippen LogP contribution is -2.55. The van der Waals surface area contributed by atoms with E-state index in [2.05, 4.69) is 63.9 Å². The first-order valence-electron chi connectivity index (χ1n) is 23.0. The van der Waals surface area contributed by atoms with Crippen molar-refractivity contribution in [1.29, 1.82) is 0 Å². The number of benzene rings is 2. The maximum absolute atomic E-state index is 14.5. The highest BCUT2D eigenvalue weighted by atomic mass is 35.5. The number of imidazole rings is 2. The van der Waals surface area contributed by atoms with Gasteiger partial charge in [0, 0.05) is 37.5 Å². The number of fused-ring (bicyclic) bond motifs is 2. The first-order valence-corrected chi connectivity index (χ1v) is 23.4. The van der Waals surface area contributed by atoms with Gasteiger partial charge in [-0.15, -0.1) is 0 Å². The quantitative estimate of drug-likeness (QED) is 0.124. The number of alkyl carbamates (subject to hydrolysis) is 2. The Morgan fingerprint density at radius 1 is 0.723 bits per heavy atom. The second-order valence-electron chi connectivity index (χ2n) is 19.3. The van der Waals surface area contributed by atoms with Gasteiger partial charge in [0.15, 0.2) is 0 Å². The number of carbonyl (C=O) groups is 4. The summed E-state index contributed by atoms with van der Waals surface area (Å²) in [5.41, 5.74) is 4.91. The molecule has 65 heavy (non-hydrogen) atoms. The van der Waals surface area contributed by atoms with Gasteiger partial charge >= 0.3 is 12.2 Å². The highest BCUT2D eigenvalue weighted by molar-refractivity contribution is 6.32. The van der Waals surface area contributed by atoms with Crippen molar-refractivity contribution in [2.45, 2.75) is 93.5 Å². The molecular formula is C48H55ClN8O8. The van der Waals surface area contributed by atoms with Gasteiger partial charge in [0.1, 0.15) is 34.6 Å². The maximum atomic E-state index is 14.5. The SMILES string of the molecule is COC(=O)N[C@H](C(=O)N1[C@H](c2nc(-c3ccc(-c4ccc(-c5cnc([C@@H]6C[C@H]7C[C@@]7(C)N6C(=O)[C@@H](NC(=O)OC)C6CCOCC6)[nH]5)cc4)cc3)c(Cl)[nH]2)C[C@H]2[C@H]3C[C@]321)C1CCOCC1. The largest absolute Gasteiger partial charge is 0.453 e. The smallest absolute Gasteiger partial charge is 0.407 e. The number of H-pyrrole nitrogens is 2. The normalized spacial score (nSPS) is 29.8. The Morgan fingerprint density at radius 3 is 1.83 bits per heavy atom. The number of hydrogen-bond donors (Lipinski definition) is 4. The van der Waals surface area contributed by atoms with E-state index in [9.17, 15) is 19.2 Å². The average Bonchev–Trinajstić information content (AvgIpc) is 4.15. The predicted octanol–water partition coefficient (Wildman–Crippen LogP) is 6.80. The van der Waals surface area contributed by atoms with Gasteiger partial charge in [-0.2, -0.15) is 0 Å². The Hall–Kier alpha value is -5.45. The summed E-state index contributed by atoms with van der Waals surface area (Å²) in [6.07, 6.45) is 6.86. The molecule has 4 aliphatic heterocycles. The van der Waals surface area contributed by atoms with E-state index in [0.717, 1.165) is 59.5 Å². The van der Waals surface area contributed by atoms with Gasteiger partial charge in [-0.3, -0.25) is 9.59 Å². The van der Waals surface area contributed by atoms with Crippen LogP contribution in [0.5, 0.6) is 0 Å². The summed E-state index contributed by atoms with van der Waals surface area (Å²) in [4.78, 5) is 74.6. The van der Waals surface area contributed by atoms with Gasteiger partial charge in [-0.25, -0.2) is 19.6 Å². The van der Waals surface area contributed by atoms with Gasteiger partial charge in [-0.05, 0) is 105 Å². The molecule has 7 fully saturated rings. The summed E-state index contributed by atoms with van der Waals surface area (Å²) in [6, 6.07) is 14.5. The molecule has 4 N–H and O–H groups in total. The van der Waals surface area contributed by atoms with E-state index in [1.807, 2.05) is 28.1 Å². The van der Waals surface area contributed by atoms with Crippen molar-refractivity contribution in [2.24, 2.45) is 29.6 Å². The molecule has 0 radical (unpaired) electrons. The van der Waals surface area contributed by atoms with Crippen LogP contribution >= 0.6 is 11.6 Å². The Morgan fingerprint density at radius 2 is 1.26 bits per heavy atom. The number of piperidine rings is 2. The third-order valence-electron chi connectivity index (χ3n) is 16.0. The van der Waals surface area contributed by atoms with E-state index in [-0.39, 0.29) is 46.8 Å². The van der Waals surface area contributed by atoms with E-state index in [0.29, 0.717) is 86.5 Å². The molecule has 2 aromatic carbocycles. The summed E-state index contributed by atoms with van der Waals surface area (Å²) < 4.78 is 21.0. The fourth-order valence-corrected chi connectivity index (χ4v) is 12.3. The summed E-state index contributed by atoms with van der Waals surface area (Å²) >= 11 is 6.87. The molecule has 6 heterocycles. The molecule has 16 nitrogen and oxygen atoms in total. The Bertz CT molecular complexity index is 2500. The number of carbonyl (C=O) groups excluding carboxylic acids is 4. The molecule has 17 heteroatoms. The van der Waals surface area contributed by atoms with Crippen molar-refractivity contribution in [2.75, 3.05) is 40.6 Å². The monoisotopic (exact) mass is 906 g/mol.